The number of unbranched alkanes of at least 4 members (excludes halogenated alkanes) is 4. The summed E-state index contributed by atoms with van der Waals surface area (Å²) in [7, 11) is 0. The third-order valence-electron chi connectivity index (χ3n) is 2.56. The highest BCUT2D eigenvalue weighted by Crippen LogP contribution is 2.08. The molecule has 0 N–H and O–H groups in total. The summed E-state index contributed by atoms with van der Waals surface area (Å²) in [6.07, 6.45) is 5.83. The Labute approximate surface area is 97.9 Å². The minimum atomic E-state index is -0.169. The highest BCUT2D eigenvalue weighted by atomic mass is 19.1. The molecule has 0 aliphatic carbocycles. The lowest BCUT2D eigenvalue weighted by Gasteiger charge is -1.95. The molecule has 0 heterocycles. The Bertz CT molecular complexity index is 382. The maximum atomic E-state index is 13.2. The van der Waals surface area contributed by atoms with E-state index < -0.39 is 0 Å². The molecular weight excluding hydrogens is 199 g/mol. The van der Waals surface area contributed by atoms with Crippen LogP contribution in [-0.2, 0) is 0 Å². The van der Waals surface area contributed by atoms with Crippen molar-refractivity contribution in [2.75, 3.05) is 0 Å². The third-order valence-corrected chi connectivity index (χ3v) is 2.56. The lowest BCUT2D eigenvalue weighted by molar-refractivity contribution is 0.618. The molecule has 86 valence electrons. The van der Waals surface area contributed by atoms with Gasteiger partial charge in [0.25, 0.3) is 0 Å². The van der Waals surface area contributed by atoms with Crippen LogP contribution in [0.25, 0.3) is 0 Å². The van der Waals surface area contributed by atoms with Gasteiger partial charge in [0.05, 0.1) is 0 Å². The molecule has 0 aliphatic heterocycles. The smallest absolute Gasteiger partial charge is 0.127 e. The molecule has 0 spiro atoms. The summed E-state index contributed by atoms with van der Waals surface area (Å²) in [4.78, 5) is 0. The number of benzene rings is 1. The van der Waals surface area contributed by atoms with E-state index in [1.165, 1.54) is 25.3 Å². The van der Waals surface area contributed by atoms with E-state index in [4.69, 9.17) is 0 Å². The van der Waals surface area contributed by atoms with E-state index in [0.29, 0.717) is 5.56 Å². The molecule has 0 nitrogen and oxygen atoms in total. The lowest BCUT2D eigenvalue weighted by atomic mass is 10.1. The zero-order valence-corrected chi connectivity index (χ0v) is 10.1. The summed E-state index contributed by atoms with van der Waals surface area (Å²) < 4.78 is 13.2. The summed E-state index contributed by atoms with van der Waals surface area (Å²) in [6, 6.07) is 5.16. The molecule has 1 rings (SSSR count). The Kier molecular flexibility index (Phi) is 5.64. The van der Waals surface area contributed by atoms with Crippen LogP contribution in [0.3, 0.4) is 0 Å². The van der Waals surface area contributed by atoms with Crippen molar-refractivity contribution >= 4 is 0 Å². The summed E-state index contributed by atoms with van der Waals surface area (Å²) >= 11 is 0. The number of aryl methyl sites for hydroxylation is 1. The number of halogens is 1. The minimum absolute atomic E-state index is 0.169. The quantitative estimate of drug-likeness (QED) is 0.517. The van der Waals surface area contributed by atoms with Gasteiger partial charge in [-0.15, -0.1) is 0 Å². The largest absolute Gasteiger partial charge is 0.207 e. The van der Waals surface area contributed by atoms with Crippen molar-refractivity contribution < 1.29 is 4.39 Å². The molecule has 0 bridgehead atoms. The number of hydrogen-bond acceptors (Lipinski definition) is 0. The molecule has 0 amide bonds. The molecule has 0 aliphatic rings. The average Bonchev–Trinajstić information content (AvgIpc) is 2.28. The molecule has 0 aromatic heterocycles. The molecule has 16 heavy (non-hydrogen) atoms. The van der Waals surface area contributed by atoms with Gasteiger partial charge in [-0.2, -0.15) is 0 Å². The zero-order valence-electron chi connectivity index (χ0n) is 10.1. The highest BCUT2D eigenvalue weighted by Gasteiger charge is 1.95. The van der Waals surface area contributed by atoms with Gasteiger partial charge in [0.2, 0.25) is 0 Å². The molecule has 1 aromatic carbocycles. The minimum Gasteiger partial charge on any atom is -0.207 e. The van der Waals surface area contributed by atoms with Gasteiger partial charge in [-0.1, -0.05) is 44.1 Å². The Morgan fingerprint density at radius 1 is 1.19 bits per heavy atom. The van der Waals surface area contributed by atoms with Gasteiger partial charge >= 0.3 is 0 Å². The first-order valence-electron chi connectivity index (χ1n) is 5.99. The van der Waals surface area contributed by atoms with Crippen LogP contribution in [0.5, 0.6) is 0 Å². The van der Waals surface area contributed by atoms with E-state index in [-0.39, 0.29) is 5.82 Å². The molecule has 0 unspecified atom stereocenters. The van der Waals surface area contributed by atoms with E-state index in [0.717, 1.165) is 18.4 Å². The SMILES string of the molecule is CCCCCCC#Cc1ccc(C)c(F)c1. The predicted octanol–water partition coefficient (Wildman–Crippen LogP) is 4.46. The number of hydrogen-bond donors (Lipinski definition) is 0. The molecule has 0 atom stereocenters. The topological polar surface area (TPSA) is 0 Å². The maximum Gasteiger partial charge on any atom is 0.127 e. The summed E-state index contributed by atoms with van der Waals surface area (Å²) in [5.41, 5.74) is 1.45. The second-order valence-electron chi connectivity index (χ2n) is 4.08. The summed E-state index contributed by atoms with van der Waals surface area (Å²) in [6.45, 7) is 3.96. The van der Waals surface area contributed by atoms with Gasteiger partial charge in [0, 0.05) is 12.0 Å². The fraction of sp³-hybridized carbons (Fsp3) is 0.467. The maximum absolute atomic E-state index is 13.2. The molecular formula is C15H19F. The van der Waals surface area contributed by atoms with Gasteiger partial charge in [-0.25, -0.2) is 4.39 Å². The Balaban J connectivity index is 2.41. The fourth-order valence-electron chi connectivity index (χ4n) is 1.48. The molecule has 0 saturated carbocycles. The van der Waals surface area contributed by atoms with Crippen LogP contribution in [0.1, 0.15) is 50.2 Å². The molecule has 0 saturated heterocycles. The molecule has 0 fully saturated rings. The standard InChI is InChI=1S/C15H19F/c1-3-4-5-6-7-8-9-14-11-10-13(2)15(16)12-14/h10-12H,3-7H2,1-2H3. The van der Waals surface area contributed by atoms with Gasteiger partial charge in [-0.3, -0.25) is 0 Å². The molecule has 1 aromatic rings. The van der Waals surface area contributed by atoms with Crippen molar-refractivity contribution in [3.63, 3.8) is 0 Å². The first kappa shape index (κ1) is 12.8. The zero-order chi connectivity index (χ0) is 11.8. The van der Waals surface area contributed by atoms with Crippen LogP contribution in [0.4, 0.5) is 4.39 Å². The van der Waals surface area contributed by atoms with Gasteiger partial charge in [0.1, 0.15) is 5.82 Å². The van der Waals surface area contributed by atoms with Crippen LogP contribution in [0, 0.1) is 24.6 Å². The van der Waals surface area contributed by atoms with Gasteiger partial charge < -0.3 is 0 Å². The Hall–Kier alpha value is -1.29. The summed E-state index contributed by atoms with van der Waals surface area (Å²) in [5.74, 6) is 5.92. The van der Waals surface area contributed by atoms with Gasteiger partial charge in [-0.05, 0) is 31.0 Å². The van der Waals surface area contributed by atoms with Crippen LogP contribution in [0.2, 0.25) is 0 Å². The average molecular weight is 218 g/mol. The Morgan fingerprint density at radius 3 is 2.69 bits per heavy atom. The Morgan fingerprint density at radius 2 is 2.00 bits per heavy atom. The van der Waals surface area contributed by atoms with Crippen molar-refractivity contribution in [3.05, 3.63) is 35.1 Å². The van der Waals surface area contributed by atoms with Gasteiger partial charge in [0.15, 0.2) is 0 Å². The van der Waals surface area contributed by atoms with E-state index in [2.05, 4.69) is 18.8 Å². The normalized spacial score (nSPS) is 9.69. The van der Waals surface area contributed by atoms with Crippen LogP contribution in [0.15, 0.2) is 18.2 Å². The van der Waals surface area contributed by atoms with Crippen LogP contribution < -0.4 is 0 Å². The van der Waals surface area contributed by atoms with E-state index in [1.807, 2.05) is 6.07 Å². The predicted molar refractivity (Wildman–Crippen MR) is 66.8 cm³/mol. The second-order valence-corrected chi connectivity index (χ2v) is 4.08. The highest BCUT2D eigenvalue weighted by molar-refractivity contribution is 5.36. The van der Waals surface area contributed by atoms with E-state index in [9.17, 15) is 4.39 Å². The lowest BCUT2D eigenvalue weighted by Crippen LogP contribution is -1.83. The van der Waals surface area contributed by atoms with Crippen LogP contribution >= 0.6 is 0 Å². The first-order valence-corrected chi connectivity index (χ1v) is 5.99. The monoisotopic (exact) mass is 218 g/mol. The van der Waals surface area contributed by atoms with E-state index in [1.54, 1.807) is 13.0 Å². The van der Waals surface area contributed by atoms with Crippen molar-refractivity contribution in [2.45, 2.75) is 46.0 Å². The molecule has 1 heteroatoms. The van der Waals surface area contributed by atoms with Crippen molar-refractivity contribution in [1.82, 2.24) is 0 Å². The second kappa shape index (κ2) is 7.06. The van der Waals surface area contributed by atoms with Crippen molar-refractivity contribution in [2.24, 2.45) is 0 Å². The van der Waals surface area contributed by atoms with Crippen LogP contribution in [-0.4, -0.2) is 0 Å². The third kappa shape index (κ3) is 4.49. The van der Waals surface area contributed by atoms with E-state index >= 15 is 0 Å². The first-order chi connectivity index (χ1) is 7.74. The molecule has 0 radical (unpaired) electrons. The van der Waals surface area contributed by atoms with Crippen molar-refractivity contribution in [3.8, 4) is 11.8 Å². The fourth-order valence-corrected chi connectivity index (χ4v) is 1.48. The number of rotatable bonds is 4. The summed E-state index contributed by atoms with van der Waals surface area (Å²) in [5, 5.41) is 0. The van der Waals surface area contributed by atoms with Crippen molar-refractivity contribution in [1.29, 1.82) is 0 Å².